The third kappa shape index (κ3) is 3.30. The van der Waals surface area contributed by atoms with Gasteiger partial charge in [-0.3, -0.25) is 0 Å². The molecule has 0 saturated carbocycles. The molecule has 2 aromatic carbocycles. The minimum atomic E-state index is 0.443. The zero-order valence-corrected chi connectivity index (χ0v) is 14.9. The highest BCUT2D eigenvalue weighted by atomic mass is 32.2. The van der Waals surface area contributed by atoms with Gasteiger partial charge >= 0.3 is 0 Å². The molecule has 0 atom stereocenters. The van der Waals surface area contributed by atoms with Gasteiger partial charge in [0.15, 0.2) is 5.16 Å². The van der Waals surface area contributed by atoms with Crippen LogP contribution in [0, 0.1) is 0 Å². The number of fused-ring (bicyclic) bond motifs is 1. The van der Waals surface area contributed by atoms with Crippen molar-refractivity contribution in [1.82, 2.24) is 19.7 Å². The number of imidazole rings is 1. The zero-order valence-electron chi connectivity index (χ0n) is 14.1. The minimum Gasteiger partial charge on any atom is -0.419 e. The standard InChI is InChI=1S/C19H18N4OS/c1-13(2)25-19-20-15-10-6-7-11-16(15)23(19)12-17-21-22-18(24-17)14-8-4-3-5-9-14/h3-11,13H,12H2,1-2H3. The first-order valence-corrected chi connectivity index (χ1v) is 9.08. The fraction of sp³-hybridized carbons (Fsp3) is 0.211. The van der Waals surface area contributed by atoms with Crippen molar-refractivity contribution >= 4 is 22.8 Å². The average Bonchev–Trinajstić information content (AvgIpc) is 3.21. The molecule has 0 radical (unpaired) electrons. The van der Waals surface area contributed by atoms with Crippen molar-refractivity contribution in [3.8, 4) is 11.5 Å². The number of para-hydroxylation sites is 2. The highest BCUT2D eigenvalue weighted by Crippen LogP contribution is 2.28. The normalized spacial score (nSPS) is 11.5. The van der Waals surface area contributed by atoms with Crippen LogP contribution in [0.4, 0.5) is 0 Å². The van der Waals surface area contributed by atoms with E-state index in [2.05, 4.69) is 34.7 Å². The van der Waals surface area contributed by atoms with E-state index in [0.29, 0.717) is 23.6 Å². The summed E-state index contributed by atoms with van der Waals surface area (Å²) in [5, 5.41) is 9.81. The third-order valence-electron chi connectivity index (χ3n) is 3.74. The molecule has 25 heavy (non-hydrogen) atoms. The van der Waals surface area contributed by atoms with Gasteiger partial charge in [0.1, 0.15) is 6.54 Å². The fourth-order valence-corrected chi connectivity index (χ4v) is 3.52. The van der Waals surface area contributed by atoms with E-state index in [-0.39, 0.29) is 0 Å². The summed E-state index contributed by atoms with van der Waals surface area (Å²) in [6.45, 7) is 4.83. The van der Waals surface area contributed by atoms with Crippen LogP contribution in [-0.2, 0) is 6.54 Å². The molecule has 0 saturated heterocycles. The van der Waals surface area contributed by atoms with Crippen LogP contribution in [-0.4, -0.2) is 25.0 Å². The first kappa shape index (κ1) is 15.9. The molecule has 0 unspecified atom stereocenters. The van der Waals surface area contributed by atoms with Crippen LogP contribution in [0.1, 0.15) is 19.7 Å². The lowest BCUT2D eigenvalue weighted by atomic mass is 10.2. The molecule has 0 bridgehead atoms. The number of nitrogens with zero attached hydrogens (tertiary/aromatic N) is 4. The summed E-state index contributed by atoms with van der Waals surface area (Å²) in [6.07, 6.45) is 0. The van der Waals surface area contributed by atoms with Gasteiger partial charge in [-0.05, 0) is 24.3 Å². The van der Waals surface area contributed by atoms with Crippen molar-refractivity contribution in [3.63, 3.8) is 0 Å². The second kappa shape index (κ2) is 6.72. The van der Waals surface area contributed by atoms with Crippen LogP contribution >= 0.6 is 11.8 Å². The van der Waals surface area contributed by atoms with Gasteiger partial charge in [0.25, 0.3) is 0 Å². The number of benzene rings is 2. The average molecular weight is 350 g/mol. The molecule has 0 amide bonds. The van der Waals surface area contributed by atoms with Crippen LogP contribution in [0.15, 0.2) is 64.2 Å². The van der Waals surface area contributed by atoms with Crippen LogP contribution in [0.5, 0.6) is 0 Å². The predicted octanol–water partition coefficient (Wildman–Crippen LogP) is 4.64. The van der Waals surface area contributed by atoms with Crippen molar-refractivity contribution in [3.05, 3.63) is 60.5 Å². The Balaban J connectivity index is 1.70. The molecular formula is C19H18N4OS. The smallest absolute Gasteiger partial charge is 0.247 e. The fourth-order valence-electron chi connectivity index (χ4n) is 2.66. The Hall–Kier alpha value is -2.60. The molecule has 0 fully saturated rings. The van der Waals surface area contributed by atoms with Crippen molar-refractivity contribution < 1.29 is 4.42 Å². The maximum Gasteiger partial charge on any atom is 0.247 e. The second-order valence-electron chi connectivity index (χ2n) is 6.00. The van der Waals surface area contributed by atoms with Crippen molar-refractivity contribution in [2.75, 3.05) is 0 Å². The Morgan fingerprint density at radius 2 is 1.76 bits per heavy atom. The summed E-state index contributed by atoms with van der Waals surface area (Å²) in [4.78, 5) is 4.75. The second-order valence-corrected chi connectivity index (χ2v) is 7.55. The van der Waals surface area contributed by atoms with E-state index in [0.717, 1.165) is 21.8 Å². The third-order valence-corrected chi connectivity index (χ3v) is 4.74. The first-order chi connectivity index (χ1) is 12.2. The SMILES string of the molecule is CC(C)Sc1nc2ccccc2n1Cc1nnc(-c2ccccc2)o1. The Bertz CT molecular complexity index is 991. The van der Waals surface area contributed by atoms with Gasteiger partial charge in [-0.15, -0.1) is 10.2 Å². The maximum absolute atomic E-state index is 5.87. The summed E-state index contributed by atoms with van der Waals surface area (Å²) in [7, 11) is 0. The lowest BCUT2D eigenvalue weighted by Gasteiger charge is -2.08. The summed E-state index contributed by atoms with van der Waals surface area (Å²) in [6, 6.07) is 17.9. The van der Waals surface area contributed by atoms with Crippen LogP contribution in [0.25, 0.3) is 22.5 Å². The zero-order chi connectivity index (χ0) is 17.2. The number of hydrogen-bond donors (Lipinski definition) is 0. The van der Waals surface area contributed by atoms with Crippen molar-refractivity contribution in [2.24, 2.45) is 0 Å². The monoisotopic (exact) mass is 350 g/mol. The number of thioether (sulfide) groups is 1. The Labute approximate surface area is 150 Å². The van der Waals surface area contributed by atoms with E-state index in [1.54, 1.807) is 11.8 Å². The van der Waals surface area contributed by atoms with Crippen LogP contribution < -0.4 is 0 Å². The van der Waals surface area contributed by atoms with E-state index < -0.39 is 0 Å². The molecule has 0 aliphatic heterocycles. The van der Waals surface area contributed by atoms with Gasteiger partial charge in [-0.25, -0.2) is 4.98 Å². The topological polar surface area (TPSA) is 56.7 Å². The molecule has 4 rings (SSSR count). The van der Waals surface area contributed by atoms with E-state index in [4.69, 9.17) is 9.40 Å². The van der Waals surface area contributed by atoms with Gasteiger partial charge in [-0.2, -0.15) is 0 Å². The number of hydrogen-bond acceptors (Lipinski definition) is 5. The molecule has 0 spiro atoms. The molecule has 0 aliphatic carbocycles. The molecule has 0 N–H and O–H groups in total. The lowest BCUT2D eigenvalue weighted by molar-refractivity contribution is 0.482. The van der Waals surface area contributed by atoms with E-state index >= 15 is 0 Å². The van der Waals surface area contributed by atoms with Gasteiger partial charge in [0.2, 0.25) is 11.8 Å². The molecule has 126 valence electrons. The molecule has 0 aliphatic rings. The summed E-state index contributed by atoms with van der Waals surface area (Å²) >= 11 is 1.74. The summed E-state index contributed by atoms with van der Waals surface area (Å²) in [5.74, 6) is 1.12. The molecule has 5 nitrogen and oxygen atoms in total. The maximum atomic E-state index is 5.87. The van der Waals surface area contributed by atoms with E-state index in [1.807, 2.05) is 48.5 Å². The first-order valence-electron chi connectivity index (χ1n) is 8.20. The van der Waals surface area contributed by atoms with Gasteiger partial charge in [0.05, 0.1) is 11.0 Å². The lowest BCUT2D eigenvalue weighted by Crippen LogP contribution is -2.03. The number of aromatic nitrogens is 4. The van der Waals surface area contributed by atoms with Gasteiger partial charge in [0, 0.05) is 10.8 Å². The Morgan fingerprint density at radius 1 is 1.00 bits per heavy atom. The predicted molar refractivity (Wildman–Crippen MR) is 99.6 cm³/mol. The minimum absolute atomic E-state index is 0.443. The molecule has 2 heterocycles. The van der Waals surface area contributed by atoms with E-state index in [9.17, 15) is 0 Å². The van der Waals surface area contributed by atoms with Crippen molar-refractivity contribution in [1.29, 1.82) is 0 Å². The molecule has 4 aromatic rings. The molecular weight excluding hydrogens is 332 g/mol. The number of rotatable bonds is 5. The van der Waals surface area contributed by atoms with Gasteiger partial charge < -0.3 is 8.98 Å². The van der Waals surface area contributed by atoms with Crippen LogP contribution in [0.3, 0.4) is 0 Å². The molecule has 6 heteroatoms. The summed E-state index contributed by atoms with van der Waals surface area (Å²) < 4.78 is 8.01. The van der Waals surface area contributed by atoms with Crippen molar-refractivity contribution in [2.45, 2.75) is 30.8 Å². The highest BCUT2D eigenvalue weighted by molar-refractivity contribution is 7.99. The Kier molecular flexibility index (Phi) is 4.28. The molecule has 2 aromatic heterocycles. The van der Waals surface area contributed by atoms with Gasteiger partial charge in [-0.1, -0.05) is 55.9 Å². The quantitative estimate of drug-likeness (QED) is 0.491. The largest absolute Gasteiger partial charge is 0.419 e. The summed E-state index contributed by atoms with van der Waals surface area (Å²) in [5.41, 5.74) is 2.98. The van der Waals surface area contributed by atoms with Crippen LogP contribution in [0.2, 0.25) is 0 Å². The highest BCUT2D eigenvalue weighted by Gasteiger charge is 2.16. The Morgan fingerprint density at radius 3 is 2.56 bits per heavy atom. The van der Waals surface area contributed by atoms with E-state index in [1.165, 1.54) is 0 Å².